The van der Waals surface area contributed by atoms with Crippen molar-refractivity contribution in [3.8, 4) is 0 Å². The van der Waals surface area contributed by atoms with E-state index in [2.05, 4.69) is 25.1 Å². The molecule has 0 saturated heterocycles. The summed E-state index contributed by atoms with van der Waals surface area (Å²) >= 11 is 0. The first-order valence-corrected chi connectivity index (χ1v) is 8.75. The molecule has 4 aromatic rings. The van der Waals surface area contributed by atoms with E-state index in [1.165, 1.54) is 22.7 Å². The number of aldehydes is 1. The number of hydrogen-bond acceptors (Lipinski definition) is 3. The molecular weight excluding hydrogens is 334 g/mol. The van der Waals surface area contributed by atoms with Gasteiger partial charge in [0.1, 0.15) is 0 Å². The topological polar surface area (TPSA) is 49.7 Å². The van der Waals surface area contributed by atoms with Gasteiger partial charge in [0.15, 0.2) is 6.29 Å². The molecule has 0 amide bonds. The second-order valence-corrected chi connectivity index (χ2v) is 6.40. The van der Waals surface area contributed by atoms with E-state index in [1.54, 1.807) is 0 Å². The summed E-state index contributed by atoms with van der Waals surface area (Å²) in [6, 6.07) is 23.9. The number of benzene rings is 4. The van der Waals surface area contributed by atoms with Crippen LogP contribution in [0.25, 0.3) is 21.5 Å². The Morgan fingerprint density at radius 1 is 0.667 bits per heavy atom. The largest absolute Gasteiger partial charge is 0.411 e. The molecule has 4 aromatic carbocycles. The molecule has 3 heteroatoms. The van der Waals surface area contributed by atoms with Crippen LogP contribution < -0.4 is 0 Å². The standard InChI is InChI=1S/C12H11NO.C12H10O/c1-9-6-7-10(8-13-14)12-5-3-2-4-11(9)12;1-9-6-7-10(8-13)12-5-3-2-4-11(9)12/h2-8,14H,1H3;2-8H,1H3/b13-8+;. The highest BCUT2D eigenvalue weighted by Crippen LogP contribution is 2.21. The van der Waals surface area contributed by atoms with Gasteiger partial charge >= 0.3 is 0 Å². The second-order valence-electron chi connectivity index (χ2n) is 6.40. The molecule has 0 aromatic heterocycles. The molecule has 1 N–H and O–H groups in total. The number of fused-ring (bicyclic) bond motifs is 2. The number of carbonyl (C=O) groups excluding carboxylic acids is 1. The van der Waals surface area contributed by atoms with Gasteiger partial charge in [-0.25, -0.2) is 0 Å². The summed E-state index contributed by atoms with van der Waals surface area (Å²) in [5, 5.41) is 16.1. The van der Waals surface area contributed by atoms with Crippen LogP contribution in [-0.4, -0.2) is 17.7 Å². The Bertz CT molecular complexity index is 1130. The minimum absolute atomic E-state index is 0.765. The summed E-state index contributed by atoms with van der Waals surface area (Å²) in [5.41, 5.74) is 4.15. The SMILES string of the molecule is Cc1ccc(/C=N/O)c2ccccc12.Cc1ccc(C=O)c2ccccc12. The maximum atomic E-state index is 10.7. The smallest absolute Gasteiger partial charge is 0.150 e. The zero-order valence-electron chi connectivity index (χ0n) is 15.4. The highest BCUT2D eigenvalue weighted by molar-refractivity contribution is 6.01. The van der Waals surface area contributed by atoms with E-state index in [0.29, 0.717) is 0 Å². The van der Waals surface area contributed by atoms with Crippen LogP contribution in [-0.2, 0) is 0 Å². The molecule has 0 saturated carbocycles. The van der Waals surface area contributed by atoms with Crippen LogP contribution in [0, 0.1) is 13.8 Å². The van der Waals surface area contributed by atoms with Crippen molar-refractivity contribution < 1.29 is 10.0 Å². The molecule has 0 unspecified atom stereocenters. The summed E-state index contributed by atoms with van der Waals surface area (Å²) in [7, 11) is 0. The fourth-order valence-electron chi connectivity index (χ4n) is 3.22. The molecular formula is C24H21NO2. The summed E-state index contributed by atoms with van der Waals surface area (Å²) in [6.07, 6.45) is 2.36. The Labute approximate surface area is 158 Å². The molecule has 0 aliphatic carbocycles. The third-order valence-electron chi connectivity index (χ3n) is 4.68. The van der Waals surface area contributed by atoms with Crippen molar-refractivity contribution in [2.75, 3.05) is 0 Å². The van der Waals surface area contributed by atoms with Crippen LogP contribution in [0.2, 0.25) is 0 Å². The molecule has 0 atom stereocenters. The van der Waals surface area contributed by atoms with Gasteiger partial charge in [0.2, 0.25) is 0 Å². The highest BCUT2D eigenvalue weighted by atomic mass is 16.4. The lowest BCUT2D eigenvalue weighted by molar-refractivity contribution is 0.112. The van der Waals surface area contributed by atoms with Crippen molar-refractivity contribution in [3.05, 3.63) is 95.1 Å². The third kappa shape index (κ3) is 3.87. The van der Waals surface area contributed by atoms with Crippen molar-refractivity contribution in [2.24, 2.45) is 5.16 Å². The van der Waals surface area contributed by atoms with E-state index in [-0.39, 0.29) is 0 Å². The highest BCUT2D eigenvalue weighted by Gasteiger charge is 2.01. The van der Waals surface area contributed by atoms with E-state index in [4.69, 9.17) is 5.21 Å². The van der Waals surface area contributed by atoms with Crippen molar-refractivity contribution in [1.29, 1.82) is 0 Å². The number of hydrogen-bond donors (Lipinski definition) is 1. The fourth-order valence-corrected chi connectivity index (χ4v) is 3.22. The number of aryl methyl sites for hydroxylation is 2. The normalized spacial score (nSPS) is 10.7. The Hall–Kier alpha value is -3.46. The molecule has 0 heterocycles. The van der Waals surface area contributed by atoms with Crippen molar-refractivity contribution in [2.45, 2.75) is 13.8 Å². The molecule has 0 fully saturated rings. The zero-order valence-corrected chi connectivity index (χ0v) is 15.4. The van der Waals surface area contributed by atoms with E-state index >= 15 is 0 Å². The van der Waals surface area contributed by atoms with Crippen LogP contribution in [0.5, 0.6) is 0 Å². The monoisotopic (exact) mass is 355 g/mol. The number of nitrogens with zero attached hydrogens (tertiary/aromatic N) is 1. The van der Waals surface area contributed by atoms with E-state index in [0.717, 1.165) is 33.6 Å². The van der Waals surface area contributed by atoms with E-state index in [9.17, 15) is 4.79 Å². The van der Waals surface area contributed by atoms with Gasteiger partial charge < -0.3 is 5.21 Å². The number of carbonyl (C=O) groups is 1. The van der Waals surface area contributed by atoms with Gasteiger partial charge in [0, 0.05) is 11.1 Å². The third-order valence-corrected chi connectivity index (χ3v) is 4.68. The minimum Gasteiger partial charge on any atom is -0.411 e. The summed E-state index contributed by atoms with van der Waals surface area (Å²) < 4.78 is 0. The number of oxime groups is 1. The molecule has 0 aliphatic heterocycles. The summed E-state index contributed by atoms with van der Waals surface area (Å²) in [5.74, 6) is 0. The summed E-state index contributed by atoms with van der Waals surface area (Å²) in [4.78, 5) is 10.7. The van der Waals surface area contributed by atoms with E-state index in [1.807, 2.05) is 66.7 Å². The van der Waals surface area contributed by atoms with E-state index < -0.39 is 0 Å². The lowest BCUT2D eigenvalue weighted by Gasteiger charge is -2.04. The molecule has 3 nitrogen and oxygen atoms in total. The molecule has 0 radical (unpaired) electrons. The average Bonchev–Trinajstić information content (AvgIpc) is 2.72. The van der Waals surface area contributed by atoms with Gasteiger partial charge in [-0.15, -0.1) is 0 Å². The number of rotatable bonds is 2. The lowest BCUT2D eigenvalue weighted by atomic mass is 10.0. The predicted molar refractivity (Wildman–Crippen MR) is 112 cm³/mol. The average molecular weight is 355 g/mol. The fraction of sp³-hybridized carbons (Fsp3) is 0.0833. The molecule has 27 heavy (non-hydrogen) atoms. The first-order chi connectivity index (χ1) is 13.2. The predicted octanol–water partition coefficient (Wildman–Crippen LogP) is 5.92. The Balaban J connectivity index is 0.000000156. The van der Waals surface area contributed by atoms with Gasteiger partial charge in [0.25, 0.3) is 0 Å². The minimum atomic E-state index is 0.765. The van der Waals surface area contributed by atoms with Crippen LogP contribution in [0.15, 0.2) is 78.0 Å². The van der Waals surface area contributed by atoms with Crippen LogP contribution in [0.4, 0.5) is 0 Å². The molecule has 0 aliphatic rings. The van der Waals surface area contributed by atoms with Gasteiger partial charge in [-0.1, -0.05) is 78.0 Å². The van der Waals surface area contributed by atoms with Crippen molar-refractivity contribution in [3.63, 3.8) is 0 Å². The molecule has 134 valence electrons. The first kappa shape index (κ1) is 18.3. The van der Waals surface area contributed by atoms with Crippen LogP contribution in [0.3, 0.4) is 0 Å². The Morgan fingerprint density at radius 2 is 1.11 bits per heavy atom. The second kappa shape index (κ2) is 8.28. The van der Waals surface area contributed by atoms with Gasteiger partial charge in [0.05, 0.1) is 6.21 Å². The van der Waals surface area contributed by atoms with Crippen LogP contribution in [0.1, 0.15) is 27.0 Å². The van der Waals surface area contributed by atoms with Gasteiger partial charge in [-0.3, -0.25) is 4.79 Å². The van der Waals surface area contributed by atoms with Gasteiger partial charge in [-0.05, 0) is 46.5 Å². The quantitative estimate of drug-likeness (QED) is 0.210. The Morgan fingerprint density at radius 3 is 1.59 bits per heavy atom. The maximum Gasteiger partial charge on any atom is 0.150 e. The Kier molecular flexibility index (Phi) is 5.62. The molecule has 4 rings (SSSR count). The first-order valence-electron chi connectivity index (χ1n) is 8.75. The van der Waals surface area contributed by atoms with Crippen molar-refractivity contribution in [1.82, 2.24) is 0 Å². The molecule has 0 bridgehead atoms. The van der Waals surface area contributed by atoms with Gasteiger partial charge in [-0.2, -0.15) is 0 Å². The molecule has 0 spiro atoms. The maximum absolute atomic E-state index is 10.7. The zero-order chi connectivity index (χ0) is 19.2. The van der Waals surface area contributed by atoms with Crippen molar-refractivity contribution >= 4 is 34.0 Å². The summed E-state index contributed by atoms with van der Waals surface area (Å²) in [6.45, 7) is 4.12. The lowest BCUT2D eigenvalue weighted by Crippen LogP contribution is -1.86. The van der Waals surface area contributed by atoms with Crippen LogP contribution >= 0.6 is 0 Å².